The fourth-order valence-corrected chi connectivity index (χ4v) is 7.22. The van der Waals surface area contributed by atoms with Gasteiger partial charge in [0.1, 0.15) is 10.4 Å². The van der Waals surface area contributed by atoms with Gasteiger partial charge in [0.05, 0.1) is 22.8 Å². The number of carbonyl (C=O) groups excluding carboxylic acids is 1. The molecule has 7 rings (SSSR count). The lowest BCUT2D eigenvalue weighted by atomic mass is 9.87. The Morgan fingerprint density at radius 2 is 1.94 bits per heavy atom. The average Bonchev–Trinajstić information content (AvgIpc) is 3.39. The van der Waals surface area contributed by atoms with Crippen molar-refractivity contribution in [1.29, 1.82) is 0 Å². The fourth-order valence-electron chi connectivity index (χ4n) is 5.73. The molecule has 4 aliphatic rings. The Balaban J connectivity index is 1.22. The molecule has 0 spiro atoms. The highest BCUT2D eigenvalue weighted by molar-refractivity contribution is 7.19. The molecular weight excluding hydrogens is 505 g/mol. The summed E-state index contributed by atoms with van der Waals surface area (Å²) in [4.78, 5) is 33.3. The Morgan fingerprint density at radius 3 is 2.74 bits per heavy atom. The van der Waals surface area contributed by atoms with Gasteiger partial charge in [0.15, 0.2) is 21.8 Å². The fraction of sp³-hybridized carbons (Fsp3) is 0.500. The Hall–Kier alpha value is -2.36. The number of rotatable bonds is 6. The molecule has 1 unspecified atom stereocenters. The zero-order valence-corrected chi connectivity index (χ0v) is 21.3. The largest absolute Gasteiger partial charge is 0.378 e. The van der Waals surface area contributed by atoms with Gasteiger partial charge < -0.3 is 20.5 Å². The van der Waals surface area contributed by atoms with Gasteiger partial charge in [-0.2, -0.15) is 0 Å². The van der Waals surface area contributed by atoms with Gasteiger partial charge in [-0.15, -0.1) is 0 Å². The van der Waals surface area contributed by atoms with Gasteiger partial charge in [0.25, 0.3) is 0 Å². The third-order valence-corrected chi connectivity index (χ3v) is 9.43. The highest BCUT2D eigenvalue weighted by Crippen LogP contribution is 2.47. The number of anilines is 2. The zero-order chi connectivity index (χ0) is 23.7. The third-order valence-electron chi connectivity index (χ3n) is 7.64. The van der Waals surface area contributed by atoms with Crippen molar-refractivity contribution in [3.8, 4) is 10.7 Å². The summed E-state index contributed by atoms with van der Waals surface area (Å²) in [7, 11) is 0. The molecule has 1 amide bonds. The van der Waals surface area contributed by atoms with E-state index in [1.165, 1.54) is 24.2 Å². The van der Waals surface area contributed by atoms with Crippen LogP contribution in [0, 0.1) is 17.8 Å². The van der Waals surface area contributed by atoms with Crippen molar-refractivity contribution in [1.82, 2.24) is 25.3 Å². The van der Waals surface area contributed by atoms with Crippen LogP contribution in [0.5, 0.6) is 0 Å². The molecule has 3 aliphatic carbocycles. The number of amides is 1. The number of nitrogens with zero attached hydrogens (tertiary/aromatic N) is 4. The summed E-state index contributed by atoms with van der Waals surface area (Å²) in [6, 6.07) is 0.305. The van der Waals surface area contributed by atoms with Gasteiger partial charge in [-0.25, -0.2) is 15.0 Å². The molecule has 2 bridgehead atoms. The normalized spacial score (nSPS) is 27.3. The summed E-state index contributed by atoms with van der Waals surface area (Å²) in [5.41, 5.74) is 2.00. The van der Waals surface area contributed by atoms with E-state index >= 15 is 0 Å². The summed E-state index contributed by atoms with van der Waals surface area (Å²) < 4.78 is 0. The number of carbonyl (C=O) groups is 1. The summed E-state index contributed by atoms with van der Waals surface area (Å²) >= 11 is 14.7. The van der Waals surface area contributed by atoms with Crippen LogP contribution in [-0.2, 0) is 4.79 Å². The van der Waals surface area contributed by atoms with E-state index in [0.29, 0.717) is 33.2 Å². The van der Waals surface area contributed by atoms with Crippen LogP contribution in [0.3, 0.4) is 0 Å². The number of fused-ring (bicyclic) bond motifs is 3. The number of thiazole rings is 1. The van der Waals surface area contributed by atoms with Gasteiger partial charge in [-0.05, 0) is 43.9 Å². The van der Waals surface area contributed by atoms with Crippen LogP contribution in [0.15, 0.2) is 18.3 Å². The first kappa shape index (κ1) is 21.9. The second-order valence-corrected chi connectivity index (χ2v) is 11.7. The van der Waals surface area contributed by atoms with Crippen molar-refractivity contribution < 1.29 is 4.79 Å². The number of H-pyrrole nitrogens is 1. The average molecular weight is 530 g/mol. The number of aromatic nitrogens is 4. The number of imidazole rings is 1. The molecule has 11 heteroatoms. The Kier molecular flexibility index (Phi) is 5.22. The van der Waals surface area contributed by atoms with E-state index < -0.39 is 0 Å². The van der Waals surface area contributed by atoms with Crippen LogP contribution in [-0.4, -0.2) is 51.0 Å². The van der Waals surface area contributed by atoms with Gasteiger partial charge in [-0.1, -0.05) is 46.7 Å². The van der Waals surface area contributed by atoms with E-state index in [4.69, 9.17) is 28.2 Å². The zero-order valence-electron chi connectivity index (χ0n) is 18.9. The lowest BCUT2D eigenvalue weighted by Gasteiger charge is -2.29. The molecule has 3 N–H and O–H groups in total. The highest BCUT2D eigenvalue weighted by Gasteiger charge is 2.49. The summed E-state index contributed by atoms with van der Waals surface area (Å²) in [6.45, 7) is 2.00. The highest BCUT2D eigenvalue weighted by atomic mass is 35.5. The Bertz CT molecular complexity index is 1340. The summed E-state index contributed by atoms with van der Waals surface area (Å²) in [6.07, 6.45) is 11.5. The van der Waals surface area contributed by atoms with E-state index in [0.717, 1.165) is 48.0 Å². The van der Waals surface area contributed by atoms with Crippen molar-refractivity contribution in [2.24, 2.45) is 17.8 Å². The first-order chi connectivity index (χ1) is 17.0. The molecule has 35 heavy (non-hydrogen) atoms. The van der Waals surface area contributed by atoms with Crippen molar-refractivity contribution in [3.05, 3.63) is 28.5 Å². The van der Waals surface area contributed by atoms with Crippen molar-refractivity contribution in [3.63, 3.8) is 0 Å². The SMILES string of the molecule is O=C(NC1CC1)C1[C@@H]2C=C[C@@H](C2)[C@H]1Nc1c(Cl)cnc2nc(-c3sc(N4CCCC4)nc3Cl)[nH]c12. The minimum Gasteiger partial charge on any atom is -0.378 e. The maximum absolute atomic E-state index is 13.1. The molecule has 2 saturated carbocycles. The molecule has 8 nitrogen and oxygen atoms in total. The maximum Gasteiger partial charge on any atom is 0.226 e. The number of halogens is 2. The molecule has 3 aromatic heterocycles. The summed E-state index contributed by atoms with van der Waals surface area (Å²) in [5.74, 6) is 1.19. The van der Waals surface area contributed by atoms with Crippen molar-refractivity contribution in [2.45, 2.75) is 44.2 Å². The quantitative estimate of drug-likeness (QED) is 0.394. The number of nitrogens with one attached hydrogen (secondary N) is 3. The van der Waals surface area contributed by atoms with Gasteiger partial charge >= 0.3 is 0 Å². The lowest BCUT2D eigenvalue weighted by Crippen LogP contribution is -2.44. The van der Waals surface area contributed by atoms with Crippen LogP contribution in [0.2, 0.25) is 10.2 Å². The molecule has 3 fully saturated rings. The molecular formula is C24H25Cl2N7OS. The second kappa shape index (κ2) is 8.35. The topological polar surface area (TPSA) is 98.8 Å². The minimum absolute atomic E-state index is 0.0349. The molecule has 0 radical (unpaired) electrons. The number of allylic oxidation sites excluding steroid dienone is 1. The van der Waals surface area contributed by atoms with E-state index in [2.05, 4.69) is 42.6 Å². The van der Waals surface area contributed by atoms with E-state index in [1.54, 1.807) is 6.20 Å². The van der Waals surface area contributed by atoms with E-state index in [-0.39, 0.29) is 29.7 Å². The maximum atomic E-state index is 13.1. The second-order valence-electron chi connectivity index (χ2n) is 10.0. The van der Waals surface area contributed by atoms with Gasteiger partial charge in [0, 0.05) is 25.2 Å². The first-order valence-corrected chi connectivity index (χ1v) is 13.8. The van der Waals surface area contributed by atoms with Crippen molar-refractivity contribution in [2.75, 3.05) is 23.3 Å². The monoisotopic (exact) mass is 529 g/mol. The smallest absolute Gasteiger partial charge is 0.226 e. The predicted octanol–water partition coefficient (Wildman–Crippen LogP) is 4.87. The molecule has 1 saturated heterocycles. The number of pyridine rings is 1. The van der Waals surface area contributed by atoms with Crippen LogP contribution in [0.1, 0.15) is 32.1 Å². The molecule has 4 heterocycles. The minimum atomic E-state index is -0.119. The molecule has 182 valence electrons. The standard InChI is InChI=1S/C24H25Cl2N7OS/c25-14-10-27-21-18(30-22(32-21)19-20(26)31-24(35-19)33-7-1-2-8-33)17(14)29-16-12-4-3-11(9-12)15(16)23(34)28-13-5-6-13/h3-4,10-13,15-16H,1-2,5-9H2,(H,28,34)(H2,27,29,30,32)/t11-,12+,15?,16-/m1/s1. The van der Waals surface area contributed by atoms with Crippen LogP contribution >= 0.6 is 34.5 Å². The summed E-state index contributed by atoms with van der Waals surface area (Å²) in [5, 5.41) is 8.68. The van der Waals surface area contributed by atoms with Crippen LogP contribution in [0.25, 0.3) is 21.9 Å². The predicted molar refractivity (Wildman–Crippen MR) is 139 cm³/mol. The molecule has 0 aromatic carbocycles. The molecule has 4 atom stereocenters. The van der Waals surface area contributed by atoms with Crippen molar-refractivity contribution >= 4 is 62.4 Å². The third kappa shape index (κ3) is 3.79. The van der Waals surface area contributed by atoms with E-state index in [9.17, 15) is 4.79 Å². The number of aromatic amines is 1. The van der Waals surface area contributed by atoms with E-state index in [1.807, 2.05) is 0 Å². The first-order valence-electron chi connectivity index (χ1n) is 12.3. The van der Waals surface area contributed by atoms with Crippen LogP contribution in [0.4, 0.5) is 10.8 Å². The Morgan fingerprint density at radius 1 is 1.14 bits per heavy atom. The lowest BCUT2D eigenvalue weighted by molar-refractivity contribution is -0.126. The molecule has 1 aliphatic heterocycles. The van der Waals surface area contributed by atoms with Crippen LogP contribution < -0.4 is 15.5 Å². The number of hydrogen-bond acceptors (Lipinski definition) is 7. The number of hydrogen-bond donors (Lipinski definition) is 3. The Labute approximate surface area is 216 Å². The molecule has 3 aromatic rings. The van der Waals surface area contributed by atoms with Gasteiger partial charge in [-0.3, -0.25) is 4.79 Å². The van der Waals surface area contributed by atoms with Gasteiger partial charge in [0.2, 0.25) is 5.91 Å².